The Morgan fingerprint density at radius 3 is 2.13 bits per heavy atom. The molecule has 23 heavy (non-hydrogen) atoms. The number of hydrogen-bond acceptors (Lipinski definition) is 3. The Bertz CT molecular complexity index is 634. The van der Waals surface area contributed by atoms with Crippen molar-refractivity contribution in [3.05, 3.63) is 28.8 Å². The van der Waals surface area contributed by atoms with Gasteiger partial charge in [0.25, 0.3) is 0 Å². The van der Waals surface area contributed by atoms with Crippen molar-refractivity contribution in [2.75, 3.05) is 7.11 Å². The van der Waals surface area contributed by atoms with E-state index in [0.717, 1.165) is 30.0 Å². The number of halogens is 1. The lowest BCUT2D eigenvalue weighted by Crippen LogP contribution is -2.66. The summed E-state index contributed by atoms with van der Waals surface area (Å²) in [5.41, 5.74) is 0.924. The average molecular weight is 335 g/mol. The Balaban J connectivity index is 1.55. The fourth-order valence-corrected chi connectivity index (χ4v) is 4.76. The van der Waals surface area contributed by atoms with Crippen molar-refractivity contribution in [3.63, 3.8) is 0 Å². The monoisotopic (exact) mass is 334 g/mol. The van der Waals surface area contributed by atoms with Gasteiger partial charge in [0.1, 0.15) is 5.75 Å². The Morgan fingerprint density at radius 2 is 1.61 bits per heavy atom. The SMILES string of the molecule is COc1ccc(Cl)cc1C12CC(B3OC(C)(C)C(C)(C)O3)(C1)C2. The first-order valence-corrected chi connectivity index (χ1v) is 8.71. The third kappa shape index (κ3) is 1.98. The lowest BCUT2D eigenvalue weighted by molar-refractivity contribution is -0.0397. The van der Waals surface area contributed by atoms with Gasteiger partial charge in [-0.15, -0.1) is 0 Å². The fourth-order valence-electron chi connectivity index (χ4n) is 4.59. The highest BCUT2D eigenvalue weighted by molar-refractivity contribution is 6.51. The van der Waals surface area contributed by atoms with Crippen molar-refractivity contribution < 1.29 is 14.0 Å². The van der Waals surface area contributed by atoms with E-state index < -0.39 is 0 Å². The van der Waals surface area contributed by atoms with E-state index in [-0.39, 0.29) is 29.0 Å². The minimum absolute atomic E-state index is 0.0976. The maximum Gasteiger partial charge on any atom is 0.464 e. The van der Waals surface area contributed by atoms with Crippen molar-refractivity contribution in [2.45, 2.75) is 68.9 Å². The topological polar surface area (TPSA) is 27.7 Å². The molecule has 1 aromatic rings. The zero-order valence-corrected chi connectivity index (χ0v) is 15.3. The van der Waals surface area contributed by atoms with Gasteiger partial charge in [0.05, 0.1) is 18.3 Å². The molecule has 0 N–H and O–H groups in total. The molecule has 0 unspecified atom stereocenters. The lowest BCUT2D eigenvalue weighted by atomic mass is 9.23. The van der Waals surface area contributed by atoms with Crippen molar-refractivity contribution in [3.8, 4) is 5.75 Å². The molecule has 3 nitrogen and oxygen atoms in total. The molecule has 0 radical (unpaired) electrons. The molecule has 0 atom stereocenters. The molecule has 1 aromatic carbocycles. The maximum absolute atomic E-state index is 6.29. The molecule has 4 aliphatic rings. The second kappa shape index (κ2) is 4.47. The van der Waals surface area contributed by atoms with Crippen molar-refractivity contribution in [1.29, 1.82) is 0 Å². The van der Waals surface area contributed by atoms with Gasteiger partial charge in [0.2, 0.25) is 0 Å². The van der Waals surface area contributed by atoms with Crippen LogP contribution in [0.2, 0.25) is 10.3 Å². The molecule has 2 bridgehead atoms. The summed E-state index contributed by atoms with van der Waals surface area (Å²) < 4.78 is 18.1. The normalized spacial score (nSPS) is 36.3. The Labute approximate surface area is 143 Å². The highest BCUT2D eigenvalue weighted by atomic mass is 35.5. The summed E-state index contributed by atoms with van der Waals surface area (Å²) in [6.07, 6.45) is 3.27. The van der Waals surface area contributed by atoms with Gasteiger partial charge < -0.3 is 14.0 Å². The van der Waals surface area contributed by atoms with E-state index >= 15 is 0 Å². The van der Waals surface area contributed by atoms with Crippen LogP contribution in [0.4, 0.5) is 0 Å². The third-order valence-electron chi connectivity index (χ3n) is 6.56. The van der Waals surface area contributed by atoms with Gasteiger partial charge >= 0.3 is 7.12 Å². The molecule has 5 rings (SSSR count). The van der Waals surface area contributed by atoms with Crippen LogP contribution in [-0.4, -0.2) is 25.4 Å². The van der Waals surface area contributed by atoms with E-state index in [9.17, 15) is 0 Å². The standard InChI is InChI=1S/C18H24BClO3/c1-15(2)16(3,4)23-19(22-15)18-9-17(10-18,11-18)13-8-12(20)6-7-14(13)21-5/h6-8H,9-11H2,1-5H3. The summed E-state index contributed by atoms with van der Waals surface area (Å²) in [6, 6.07) is 5.92. The first kappa shape index (κ1) is 15.8. The average Bonchev–Trinajstić information content (AvgIpc) is 2.55. The van der Waals surface area contributed by atoms with Crippen LogP contribution >= 0.6 is 11.6 Å². The molecule has 0 aromatic heterocycles. The van der Waals surface area contributed by atoms with Crippen LogP contribution in [0.1, 0.15) is 52.5 Å². The molecule has 1 heterocycles. The molecule has 3 aliphatic carbocycles. The molecule has 5 heteroatoms. The van der Waals surface area contributed by atoms with Gasteiger partial charge in [-0.25, -0.2) is 0 Å². The first-order valence-electron chi connectivity index (χ1n) is 8.33. The largest absolute Gasteiger partial charge is 0.496 e. The molecule has 4 fully saturated rings. The van der Waals surface area contributed by atoms with Crippen LogP contribution in [-0.2, 0) is 14.7 Å². The van der Waals surface area contributed by atoms with Crippen molar-refractivity contribution in [2.24, 2.45) is 0 Å². The van der Waals surface area contributed by atoms with Crippen LogP contribution in [0, 0.1) is 0 Å². The summed E-state index contributed by atoms with van der Waals surface area (Å²) in [4.78, 5) is 0. The smallest absolute Gasteiger partial charge is 0.464 e. The molecule has 0 spiro atoms. The van der Waals surface area contributed by atoms with Crippen LogP contribution in [0.15, 0.2) is 18.2 Å². The number of benzene rings is 1. The Kier molecular flexibility index (Phi) is 3.07. The molecule has 1 saturated heterocycles. The number of hydrogen-bond donors (Lipinski definition) is 0. The van der Waals surface area contributed by atoms with Crippen LogP contribution < -0.4 is 4.74 Å². The fraction of sp³-hybridized carbons (Fsp3) is 0.667. The minimum atomic E-state index is -0.256. The van der Waals surface area contributed by atoms with Crippen LogP contribution in [0.5, 0.6) is 5.75 Å². The lowest BCUT2D eigenvalue weighted by Gasteiger charge is -2.71. The van der Waals surface area contributed by atoms with Gasteiger partial charge in [-0.2, -0.15) is 0 Å². The van der Waals surface area contributed by atoms with E-state index in [2.05, 4.69) is 33.8 Å². The molecule has 1 aliphatic heterocycles. The van der Waals surface area contributed by atoms with E-state index in [1.165, 1.54) is 5.56 Å². The highest BCUT2D eigenvalue weighted by Gasteiger charge is 2.77. The summed E-state index contributed by atoms with van der Waals surface area (Å²) in [7, 11) is 1.63. The van der Waals surface area contributed by atoms with E-state index in [1.54, 1.807) is 7.11 Å². The summed E-state index contributed by atoms with van der Waals surface area (Å²) in [6.45, 7) is 8.48. The second-order valence-corrected chi connectivity index (χ2v) is 9.04. The molecular formula is C18H24BClO3. The predicted molar refractivity (Wildman–Crippen MR) is 92.3 cm³/mol. The van der Waals surface area contributed by atoms with Gasteiger partial charge in [0.15, 0.2) is 0 Å². The summed E-state index contributed by atoms with van der Waals surface area (Å²) >= 11 is 6.21. The minimum Gasteiger partial charge on any atom is -0.496 e. The first-order chi connectivity index (χ1) is 10.6. The quantitative estimate of drug-likeness (QED) is 0.755. The molecule has 124 valence electrons. The number of methoxy groups -OCH3 is 1. The van der Waals surface area contributed by atoms with E-state index in [1.807, 2.05) is 12.1 Å². The van der Waals surface area contributed by atoms with Gasteiger partial charge in [-0.1, -0.05) is 11.6 Å². The zero-order chi connectivity index (χ0) is 16.7. The van der Waals surface area contributed by atoms with E-state index in [4.69, 9.17) is 25.6 Å². The molecule has 3 saturated carbocycles. The molecule has 0 amide bonds. The second-order valence-electron chi connectivity index (χ2n) is 8.61. The Morgan fingerprint density at radius 1 is 1.04 bits per heavy atom. The number of ether oxygens (including phenoxy) is 1. The summed E-state index contributed by atoms with van der Waals surface area (Å²) in [5, 5.41) is 0.938. The van der Waals surface area contributed by atoms with Gasteiger partial charge in [-0.05, 0) is 70.6 Å². The van der Waals surface area contributed by atoms with Crippen LogP contribution in [0.25, 0.3) is 0 Å². The van der Waals surface area contributed by atoms with Crippen molar-refractivity contribution in [1.82, 2.24) is 0 Å². The van der Waals surface area contributed by atoms with Gasteiger partial charge in [0, 0.05) is 15.9 Å². The third-order valence-corrected chi connectivity index (χ3v) is 6.79. The maximum atomic E-state index is 6.29. The number of rotatable bonds is 3. The Hall–Kier alpha value is -0.705. The predicted octanol–water partition coefficient (Wildman–Crippen LogP) is 4.62. The zero-order valence-electron chi connectivity index (χ0n) is 14.5. The highest BCUT2D eigenvalue weighted by Crippen LogP contribution is 2.81. The summed E-state index contributed by atoms with van der Waals surface area (Å²) in [5.74, 6) is 0.941. The molecular weight excluding hydrogens is 310 g/mol. The van der Waals surface area contributed by atoms with Crippen LogP contribution in [0.3, 0.4) is 0 Å². The van der Waals surface area contributed by atoms with Gasteiger partial charge in [-0.3, -0.25) is 0 Å². The van der Waals surface area contributed by atoms with Crippen molar-refractivity contribution >= 4 is 18.7 Å². The van der Waals surface area contributed by atoms with E-state index in [0.29, 0.717) is 0 Å².